The van der Waals surface area contributed by atoms with Crippen molar-refractivity contribution in [3.63, 3.8) is 0 Å². The molecule has 0 bridgehead atoms. The van der Waals surface area contributed by atoms with Crippen LogP contribution in [-0.4, -0.2) is 15.1 Å². The maximum absolute atomic E-state index is 13.8. The molecule has 0 aliphatic carbocycles. The van der Waals surface area contributed by atoms with Crippen LogP contribution in [0, 0.1) is 12.7 Å². The van der Waals surface area contributed by atoms with Crippen LogP contribution in [0.5, 0.6) is 0 Å². The second-order valence-electron chi connectivity index (χ2n) is 4.50. The van der Waals surface area contributed by atoms with Crippen LogP contribution in [0.3, 0.4) is 0 Å². The highest BCUT2D eigenvalue weighted by Crippen LogP contribution is 2.35. The van der Waals surface area contributed by atoms with Crippen molar-refractivity contribution in [3.8, 4) is 11.5 Å². The molecule has 0 spiro atoms. The molecule has 22 heavy (non-hydrogen) atoms. The Balaban J connectivity index is 2.27. The number of hydrogen-bond donors (Lipinski definition) is 0. The summed E-state index contributed by atoms with van der Waals surface area (Å²) in [5, 5.41) is 3.35. The summed E-state index contributed by atoms with van der Waals surface area (Å²) in [6.45, 7) is 1.57. The lowest BCUT2D eigenvalue weighted by atomic mass is 10.1. The molecule has 0 fully saturated rings. The second-order valence-corrected chi connectivity index (χ2v) is 4.86. The molecule has 0 aliphatic heterocycles. The highest BCUT2D eigenvalue weighted by Gasteiger charge is 2.32. The minimum absolute atomic E-state index is 0.00489. The van der Waals surface area contributed by atoms with Crippen LogP contribution >= 0.6 is 11.6 Å². The van der Waals surface area contributed by atoms with Crippen LogP contribution in [0.15, 0.2) is 22.7 Å². The fourth-order valence-electron chi connectivity index (χ4n) is 1.94. The van der Waals surface area contributed by atoms with Crippen molar-refractivity contribution < 1.29 is 22.1 Å². The standard InChI is InChI=1S/C13H6ClF4N3O/c1-5-19-12(22-21-5)8-3-6-2-7(13(16,17)18)4-9(15)10(6)20-11(8)14/h2-4H,1H3. The first kappa shape index (κ1) is 14.7. The van der Waals surface area contributed by atoms with E-state index in [1.54, 1.807) is 6.92 Å². The average molecular weight is 332 g/mol. The van der Waals surface area contributed by atoms with E-state index in [2.05, 4.69) is 15.1 Å². The fraction of sp³-hybridized carbons (Fsp3) is 0.154. The number of aromatic nitrogens is 3. The van der Waals surface area contributed by atoms with Crippen LogP contribution in [0.25, 0.3) is 22.4 Å². The van der Waals surface area contributed by atoms with Crippen molar-refractivity contribution in [1.29, 1.82) is 0 Å². The van der Waals surface area contributed by atoms with Gasteiger partial charge >= 0.3 is 6.18 Å². The molecule has 0 saturated heterocycles. The second kappa shape index (κ2) is 4.91. The molecule has 0 saturated carbocycles. The predicted octanol–water partition coefficient (Wildman–Crippen LogP) is 4.40. The molecule has 9 heteroatoms. The van der Waals surface area contributed by atoms with Gasteiger partial charge in [-0.2, -0.15) is 18.2 Å². The normalized spacial score (nSPS) is 12.1. The monoisotopic (exact) mass is 331 g/mol. The van der Waals surface area contributed by atoms with E-state index >= 15 is 0 Å². The van der Waals surface area contributed by atoms with E-state index in [1.807, 2.05) is 0 Å². The van der Waals surface area contributed by atoms with Crippen molar-refractivity contribution in [2.75, 3.05) is 0 Å². The van der Waals surface area contributed by atoms with Crippen molar-refractivity contribution >= 4 is 22.5 Å². The summed E-state index contributed by atoms with van der Waals surface area (Å²) >= 11 is 5.92. The van der Waals surface area contributed by atoms with Crippen LogP contribution in [-0.2, 0) is 6.18 Å². The molecular weight excluding hydrogens is 326 g/mol. The van der Waals surface area contributed by atoms with E-state index in [0.29, 0.717) is 11.9 Å². The predicted molar refractivity (Wildman–Crippen MR) is 69.7 cm³/mol. The molecule has 0 atom stereocenters. The summed E-state index contributed by atoms with van der Waals surface area (Å²) in [7, 11) is 0. The quantitative estimate of drug-likeness (QED) is 0.490. The molecule has 0 amide bonds. The Morgan fingerprint density at radius 2 is 1.86 bits per heavy atom. The van der Waals surface area contributed by atoms with E-state index in [0.717, 1.165) is 6.07 Å². The first-order chi connectivity index (χ1) is 10.3. The maximum Gasteiger partial charge on any atom is 0.416 e. The summed E-state index contributed by atoms with van der Waals surface area (Å²) < 4.78 is 57.0. The van der Waals surface area contributed by atoms with Gasteiger partial charge < -0.3 is 4.52 Å². The first-order valence-corrected chi connectivity index (χ1v) is 6.31. The van der Waals surface area contributed by atoms with Crippen molar-refractivity contribution in [2.24, 2.45) is 0 Å². The molecule has 3 rings (SSSR count). The van der Waals surface area contributed by atoms with Crippen molar-refractivity contribution in [1.82, 2.24) is 15.1 Å². The molecule has 3 aromatic rings. The summed E-state index contributed by atoms with van der Waals surface area (Å²) in [6.07, 6.45) is -4.67. The van der Waals surface area contributed by atoms with E-state index in [1.165, 1.54) is 6.07 Å². The Kier molecular flexibility index (Phi) is 3.28. The number of fused-ring (bicyclic) bond motifs is 1. The minimum atomic E-state index is -4.67. The SMILES string of the molecule is Cc1noc(-c2cc3cc(C(F)(F)F)cc(F)c3nc2Cl)n1. The highest BCUT2D eigenvalue weighted by atomic mass is 35.5. The van der Waals surface area contributed by atoms with Gasteiger partial charge in [-0.05, 0) is 25.1 Å². The average Bonchev–Trinajstić information content (AvgIpc) is 2.84. The van der Waals surface area contributed by atoms with Gasteiger partial charge in [0.1, 0.15) is 16.5 Å². The Hall–Kier alpha value is -2.22. The number of alkyl halides is 3. The lowest BCUT2D eigenvalue weighted by Crippen LogP contribution is -2.06. The molecule has 2 aromatic heterocycles. The van der Waals surface area contributed by atoms with Gasteiger partial charge in [0, 0.05) is 5.39 Å². The highest BCUT2D eigenvalue weighted by molar-refractivity contribution is 6.32. The van der Waals surface area contributed by atoms with Gasteiger partial charge in [0.05, 0.1) is 11.1 Å². The molecule has 2 heterocycles. The van der Waals surface area contributed by atoms with Crippen LogP contribution < -0.4 is 0 Å². The molecule has 4 nitrogen and oxygen atoms in total. The minimum Gasteiger partial charge on any atom is -0.334 e. The molecule has 114 valence electrons. The van der Waals surface area contributed by atoms with Crippen molar-refractivity contribution in [3.05, 3.63) is 40.6 Å². The zero-order valence-corrected chi connectivity index (χ0v) is 11.6. The number of aryl methyl sites for hydroxylation is 1. The van der Waals surface area contributed by atoms with Gasteiger partial charge in [-0.1, -0.05) is 16.8 Å². The Morgan fingerprint density at radius 3 is 2.45 bits per heavy atom. The summed E-state index contributed by atoms with van der Waals surface area (Å²) in [5.74, 6) is -0.795. The third kappa shape index (κ3) is 2.50. The smallest absolute Gasteiger partial charge is 0.334 e. The number of nitrogens with zero attached hydrogens (tertiary/aromatic N) is 3. The Labute approximate surface area is 125 Å². The molecule has 0 unspecified atom stereocenters. The third-order valence-corrected chi connectivity index (χ3v) is 3.20. The van der Waals surface area contributed by atoms with Crippen molar-refractivity contribution in [2.45, 2.75) is 13.1 Å². The van der Waals surface area contributed by atoms with E-state index in [-0.39, 0.29) is 27.5 Å². The van der Waals surface area contributed by atoms with Crippen LogP contribution in [0.4, 0.5) is 17.6 Å². The van der Waals surface area contributed by atoms with Crippen LogP contribution in [0.1, 0.15) is 11.4 Å². The zero-order chi connectivity index (χ0) is 16.1. The number of halogens is 5. The molecule has 0 radical (unpaired) electrons. The summed E-state index contributed by atoms with van der Waals surface area (Å²) in [6, 6.07) is 2.40. The van der Waals surface area contributed by atoms with Gasteiger partial charge in [0.2, 0.25) is 0 Å². The number of hydrogen-bond acceptors (Lipinski definition) is 4. The zero-order valence-electron chi connectivity index (χ0n) is 10.9. The van der Waals surface area contributed by atoms with Gasteiger partial charge in [0.15, 0.2) is 5.82 Å². The molecule has 0 aliphatic rings. The van der Waals surface area contributed by atoms with Gasteiger partial charge in [-0.3, -0.25) is 0 Å². The molecular formula is C13H6ClF4N3O. The molecule has 0 N–H and O–H groups in total. The van der Waals surface area contributed by atoms with Crippen LogP contribution in [0.2, 0.25) is 5.15 Å². The maximum atomic E-state index is 13.8. The number of rotatable bonds is 1. The Morgan fingerprint density at radius 1 is 1.14 bits per heavy atom. The van der Waals surface area contributed by atoms with Gasteiger partial charge in [-0.25, -0.2) is 9.37 Å². The molecule has 1 aromatic carbocycles. The number of pyridine rings is 1. The van der Waals surface area contributed by atoms with E-state index in [9.17, 15) is 17.6 Å². The lowest BCUT2D eigenvalue weighted by molar-refractivity contribution is -0.137. The first-order valence-electron chi connectivity index (χ1n) is 5.93. The van der Waals surface area contributed by atoms with E-state index < -0.39 is 17.6 Å². The van der Waals surface area contributed by atoms with Gasteiger partial charge in [-0.15, -0.1) is 0 Å². The summed E-state index contributed by atoms with van der Waals surface area (Å²) in [5.41, 5.74) is -1.25. The fourth-order valence-corrected chi connectivity index (χ4v) is 2.16. The number of benzene rings is 1. The topological polar surface area (TPSA) is 51.8 Å². The Bertz CT molecular complexity index is 876. The van der Waals surface area contributed by atoms with E-state index in [4.69, 9.17) is 16.1 Å². The lowest BCUT2D eigenvalue weighted by Gasteiger charge is -2.09. The van der Waals surface area contributed by atoms with Gasteiger partial charge in [0.25, 0.3) is 5.89 Å². The largest absolute Gasteiger partial charge is 0.416 e. The summed E-state index contributed by atoms with van der Waals surface area (Å²) in [4.78, 5) is 7.70. The third-order valence-electron chi connectivity index (χ3n) is 2.91.